The molecule has 0 aliphatic heterocycles. The maximum Gasteiger partial charge on any atom is 0.121 e. The second-order valence-electron chi connectivity index (χ2n) is 6.27. The predicted molar refractivity (Wildman–Crippen MR) is 114 cm³/mol. The summed E-state index contributed by atoms with van der Waals surface area (Å²) in [7, 11) is 3.59. The molecule has 0 heterocycles. The van der Waals surface area contributed by atoms with Gasteiger partial charge in [-0.25, -0.2) is 0 Å². The minimum atomic E-state index is 0.737. The first-order chi connectivity index (χ1) is 13.2. The van der Waals surface area contributed by atoms with Crippen LogP contribution >= 0.6 is 0 Å². The summed E-state index contributed by atoms with van der Waals surface area (Å²) in [4.78, 5) is 0. The molecule has 0 atom stereocenters. The molecule has 0 radical (unpaired) electrons. The smallest absolute Gasteiger partial charge is 0.121 e. The van der Waals surface area contributed by atoms with Crippen molar-refractivity contribution in [3.63, 3.8) is 0 Å². The Labute approximate surface area is 160 Å². The van der Waals surface area contributed by atoms with Crippen molar-refractivity contribution in [3.05, 3.63) is 77.9 Å². The average Bonchev–Trinajstić information content (AvgIpc) is 2.72. The molecular weight excluding hydrogens is 336 g/mol. The lowest BCUT2D eigenvalue weighted by atomic mass is 10.1. The van der Waals surface area contributed by atoms with Crippen LogP contribution in [0.3, 0.4) is 0 Å². The molecule has 5 nitrogen and oxygen atoms in total. The van der Waals surface area contributed by atoms with Gasteiger partial charge >= 0.3 is 0 Å². The van der Waals surface area contributed by atoms with Gasteiger partial charge in [0.15, 0.2) is 0 Å². The summed E-state index contributed by atoms with van der Waals surface area (Å²) in [6, 6.07) is 22.3. The van der Waals surface area contributed by atoms with E-state index in [1.54, 1.807) is 7.11 Å². The van der Waals surface area contributed by atoms with E-state index in [0.29, 0.717) is 0 Å². The van der Waals surface area contributed by atoms with Crippen molar-refractivity contribution in [2.75, 3.05) is 35.8 Å². The maximum absolute atomic E-state index is 5.96. The van der Waals surface area contributed by atoms with Crippen molar-refractivity contribution in [3.8, 4) is 5.75 Å². The van der Waals surface area contributed by atoms with Gasteiger partial charge in [0.2, 0.25) is 0 Å². The Bertz CT molecular complexity index is 878. The number of nitrogens with one attached hydrogen (secondary N) is 3. The van der Waals surface area contributed by atoms with E-state index < -0.39 is 0 Å². The highest BCUT2D eigenvalue weighted by atomic mass is 16.5. The summed E-state index contributed by atoms with van der Waals surface area (Å²) in [6.45, 7) is 1.48. The van der Waals surface area contributed by atoms with Crippen molar-refractivity contribution in [1.29, 1.82) is 0 Å². The summed E-state index contributed by atoms with van der Waals surface area (Å²) in [5.41, 5.74) is 12.2. The van der Waals surface area contributed by atoms with Crippen LogP contribution in [0, 0.1) is 0 Å². The molecule has 0 bridgehead atoms. The molecule has 0 unspecified atom stereocenters. The van der Waals surface area contributed by atoms with Gasteiger partial charge in [0, 0.05) is 26.2 Å². The molecule has 0 saturated carbocycles. The van der Waals surface area contributed by atoms with Gasteiger partial charge in [0.25, 0.3) is 0 Å². The van der Waals surface area contributed by atoms with Crippen molar-refractivity contribution >= 4 is 22.7 Å². The Balaban J connectivity index is 1.59. The Kier molecular flexibility index (Phi) is 6.05. The van der Waals surface area contributed by atoms with E-state index in [2.05, 4.69) is 40.2 Å². The molecule has 0 aromatic heterocycles. The average molecular weight is 362 g/mol. The Morgan fingerprint density at radius 2 is 1.41 bits per heavy atom. The fourth-order valence-corrected chi connectivity index (χ4v) is 2.84. The van der Waals surface area contributed by atoms with Crippen molar-refractivity contribution < 1.29 is 4.74 Å². The van der Waals surface area contributed by atoms with Crippen molar-refractivity contribution in [1.82, 2.24) is 0 Å². The highest BCUT2D eigenvalue weighted by Crippen LogP contribution is 2.27. The zero-order chi connectivity index (χ0) is 19.1. The van der Waals surface area contributed by atoms with Crippen LogP contribution in [0.4, 0.5) is 22.7 Å². The quantitative estimate of drug-likeness (QED) is 0.443. The van der Waals surface area contributed by atoms with Gasteiger partial charge in [0.05, 0.1) is 29.9 Å². The first kappa shape index (κ1) is 18.5. The number of rotatable bonds is 8. The molecule has 3 aromatic carbocycles. The summed E-state index contributed by atoms with van der Waals surface area (Å²) in [5, 5.41) is 10.0. The van der Waals surface area contributed by atoms with Gasteiger partial charge in [-0.1, -0.05) is 36.4 Å². The SMILES string of the molecule is CNc1ccc(OC)cc1NCc1ccc(CNc2ccccc2N)cc1. The van der Waals surface area contributed by atoms with E-state index in [1.165, 1.54) is 11.1 Å². The number of nitrogen functional groups attached to an aromatic ring is 1. The van der Waals surface area contributed by atoms with Gasteiger partial charge < -0.3 is 26.4 Å². The maximum atomic E-state index is 5.96. The molecule has 5 heteroatoms. The largest absolute Gasteiger partial charge is 0.497 e. The molecule has 0 saturated heterocycles. The molecule has 3 aromatic rings. The lowest BCUT2D eigenvalue weighted by molar-refractivity contribution is 0.415. The molecule has 0 aliphatic rings. The molecular formula is C22H26N4O. The highest BCUT2D eigenvalue weighted by Gasteiger charge is 2.04. The van der Waals surface area contributed by atoms with E-state index in [-0.39, 0.29) is 0 Å². The zero-order valence-corrected chi connectivity index (χ0v) is 15.8. The molecule has 0 aliphatic carbocycles. The molecule has 0 fully saturated rings. The van der Waals surface area contributed by atoms with Crippen LogP contribution in [0.2, 0.25) is 0 Å². The monoisotopic (exact) mass is 362 g/mol. The third-order valence-electron chi connectivity index (χ3n) is 4.45. The summed E-state index contributed by atoms with van der Waals surface area (Å²) >= 11 is 0. The van der Waals surface area contributed by atoms with E-state index in [1.807, 2.05) is 49.5 Å². The third kappa shape index (κ3) is 4.85. The number of benzene rings is 3. The Morgan fingerprint density at radius 1 is 0.778 bits per heavy atom. The van der Waals surface area contributed by atoms with Gasteiger partial charge in [-0.05, 0) is 35.4 Å². The first-order valence-electron chi connectivity index (χ1n) is 8.95. The molecule has 5 N–H and O–H groups in total. The zero-order valence-electron chi connectivity index (χ0n) is 15.8. The van der Waals surface area contributed by atoms with E-state index in [9.17, 15) is 0 Å². The van der Waals surface area contributed by atoms with Crippen LogP contribution in [0.5, 0.6) is 5.75 Å². The standard InChI is InChI=1S/C22H26N4O/c1-24-21-12-11-18(27-2)13-22(21)26-15-17-9-7-16(8-10-17)14-25-20-6-4-3-5-19(20)23/h3-13,24-26H,14-15,23H2,1-2H3. The highest BCUT2D eigenvalue weighted by molar-refractivity contribution is 5.70. The summed E-state index contributed by atoms with van der Waals surface area (Å²) in [6.07, 6.45) is 0. The van der Waals surface area contributed by atoms with Gasteiger partial charge in [-0.2, -0.15) is 0 Å². The van der Waals surface area contributed by atoms with E-state index in [4.69, 9.17) is 10.5 Å². The minimum absolute atomic E-state index is 0.737. The lowest BCUT2D eigenvalue weighted by Gasteiger charge is -2.14. The summed E-state index contributed by atoms with van der Waals surface area (Å²) in [5.74, 6) is 0.832. The molecule has 0 amide bonds. The summed E-state index contributed by atoms with van der Waals surface area (Å²) < 4.78 is 5.31. The number of hydrogen-bond donors (Lipinski definition) is 4. The molecule has 3 rings (SSSR count). The molecule has 140 valence electrons. The van der Waals surface area contributed by atoms with Crippen LogP contribution in [0.15, 0.2) is 66.7 Å². The Hall–Kier alpha value is -3.34. The molecule has 27 heavy (non-hydrogen) atoms. The number of para-hydroxylation sites is 2. The van der Waals surface area contributed by atoms with Crippen LogP contribution in [0.1, 0.15) is 11.1 Å². The van der Waals surface area contributed by atoms with Gasteiger partial charge in [0.1, 0.15) is 5.75 Å². The van der Waals surface area contributed by atoms with Crippen LogP contribution in [-0.4, -0.2) is 14.2 Å². The fraction of sp³-hybridized carbons (Fsp3) is 0.182. The molecule has 0 spiro atoms. The number of anilines is 4. The van der Waals surface area contributed by atoms with Crippen LogP contribution in [-0.2, 0) is 13.1 Å². The first-order valence-corrected chi connectivity index (χ1v) is 8.95. The lowest BCUT2D eigenvalue weighted by Crippen LogP contribution is -2.04. The number of nitrogens with two attached hydrogens (primary N) is 1. The van der Waals surface area contributed by atoms with Gasteiger partial charge in [-0.3, -0.25) is 0 Å². The third-order valence-corrected chi connectivity index (χ3v) is 4.45. The van der Waals surface area contributed by atoms with E-state index >= 15 is 0 Å². The predicted octanol–water partition coefficient (Wildman–Crippen LogP) is 4.54. The second kappa shape index (κ2) is 8.85. The van der Waals surface area contributed by atoms with Crippen LogP contribution in [0.25, 0.3) is 0 Å². The minimum Gasteiger partial charge on any atom is -0.497 e. The van der Waals surface area contributed by atoms with Gasteiger partial charge in [-0.15, -0.1) is 0 Å². The van der Waals surface area contributed by atoms with Crippen molar-refractivity contribution in [2.24, 2.45) is 0 Å². The van der Waals surface area contributed by atoms with Crippen molar-refractivity contribution in [2.45, 2.75) is 13.1 Å². The number of ether oxygens (including phenoxy) is 1. The van der Waals surface area contributed by atoms with E-state index in [0.717, 1.165) is 41.6 Å². The number of hydrogen-bond acceptors (Lipinski definition) is 5. The van der Waals surface area contributed by atoms with Crippen LogP contribution < -0.4 is 26.4 Å². The topological polar surface area (TPSA) is 71.3 Å². The normalized spacial score (nSPS) is 10.3. The Morgan fingerprint density at radius 3 is 2.00 bits per heavy atom. The second-order valence-corrected chi connectivity index (χ2v) is 6.27. The number of methoxy groups -OCH3 is 1. The fourth-order valence-electron chi connectivity index (χ4n) is 2.84.